The number of hydrogen-bond acceptors (Lipinski definition) is 4. The van der Waals surface area contributed by atoms with Crippen LogP contribution in [0.15, 0.2) is 79.3 Å². The first-order valence-corrected chi connectivity index (χ1v) is 9.45. The fourth-order valence-corrected chi connectivity index (χ4v) is 3.10. The molecule has 140 valence electrons. The van der Waals surface area contributed by atoms with E-state index in [4.69, 9.17) is 0 Å². The van der Waals surface area contributed by atoms with Gasteiger partial charge in [-0.15, -0.1) is 5.10 Å². The molecule has 0 radical (unpaired) electrons. The van der Waals surface area contributed by atoms with Gasteiger partial charge >= 0.3 is 0 Å². The van der Waals surface area contributed by atoms with Gasteiger partial charge in [-0.05, 0) is 47.4 Å². The van der Waals surface area contributed by atoms with E-state index in [1.807, 2.05) is 35.1 Å². The lowest BCUT2D eigenvalue weighted by Gasteiger charge is -2.10. The molecule has 0 fully saturated rings. The van der Waals surface area contributed by atoms with Gasteiger partial charge in [-0.1, -0.05) is 49.4 Å². The predicted octanol–water partition coefficient (Wildman–Crippen LogP) is 5.06. The third kappa shape index (κ3) is 3.93. The average molecular weight is 369 g/mol. The van der Waals surface area contributed by atoms with Crippen molar-refractivity contribution in [3.63, 3.8) is 0 Å². The minimum atomic E-state index is 0.473. The molecule has 0 spiro atoms. The standard InChI is InChI=1S/C23H23N5/c1-17(2)19-6-5-7-20(14-19)28-16-23(26-27-28)21-8-3-4-9-22(21)25-15-18-10-12-24-13-11-18/h3-14,16-17,25H,15H2,1-2H3. The maximum absolute atomic E-state index is 4.42. The van der Waals surface area contributed by atoms with E-state index in [1.54, 1.807) is 12.4 Å². The summed E-state index contributed by atoms with van der Waals surface area (Å²) in [4.78, 5) is 4.07. The fourth-order valence-electron chi connectivity index (χ4n) is 3.10. The van der Waals surface area contributed by atoms with Gasteiger partial charge in [-0.3, -0.25) is 4.98 Å². The van der Waals surface area contributed by atoms with Crippen molar-refractivity contribution in [1.29, 1.82) is 0 Å². The lowest BCUT2D eigenvalue weighted by atomic mass is 10.0. The second-order valence-electron chi connectivity index (χ2n) is 7.05. The molecular weight excluding hydrogens is 346 g/mol. The Kier molecular flexibility index (Phi) is 5.15. The molecule has 5 heteroatoms. The summed E-state index contributed by atoms with van der Waals surface area (Å²) in [5.74, 6) is 0.473. The first-order chi connectivity index (χ1) is 13.7. The van der Waals surface area contributed by atoms with Crippen molar-refractivity contribution in [2.45, 2.75) is 26.3 Å². The first kappa shape index (κ1) is 17.9. The highest BCUT2D eigenvalue weighted by atomic mass is 15.4. The van der Waals surface area contributed by atoms with Crippen molar-refractivity contribution in [3.05, 3.63) is 90.4 Å². The molecule has 0 saturated heterocycles. The molecular formula is C23H23N5. The van der Waals surface area contributed by atoms with E-state index in [9.17, 15) is 0 Å². The Morgan fingerprint density at radius 1 is 0.964 bits per heavy atom. The Labute approximate surface area is 165 Å². The summed E-state index contributed by atoms with van der Waals surface area (Å²) in [5.41, 5.74) is 6.39. The van der Waals surface area contributed by atoms with Gasteiger partial charge in [-0.2, -0.15) is 0 Å². The van der Waals surface area contributed by atoms with Crippen LogP contribution in [0.1, 0.15) is 30.9 Å². The molecule has 4 aromatic rings. The van der Waals surface area contributed by atoms with E-state index < -0.39 is 0 Å². The Bertz CT molecular complexity index is 1050. The molecule has 0 aliphatic heterocycles. The monoisotopic (exact) mass is 369 g/mol. The molecule has 4 rings (SSSR count). The van der Waals surface area contributed by atoms with Crippen LogP contribution in [0.4, 0.5) is 5.69 Å². The normalized spacial score (nSPS) is 11.0. The molecule has 2 heterocycles. The fraction of sp³-hybridized carbons (Fsp3) is 0.174. The van der Waals surface area contributed by atoms with Crippen molar-refractivity contribution >= 4 is 5.69 Å². The van der Waals surface area contributed by atoms with Crippen molar-refractivity contribution < 1.29 is 0 Å². The van der Waals surface area contributed by atoms with Crippen LogP contribution in [0.3, 0.4) is 0 Å². The number of aromatic nitrogens is 4. The van der Waals surface area contributed by atoms with Gasteiger partial charge in [-0.25, -0.2) is 4.68 Å². The molecule has 0 unspecified atom stereocenters. The van der Waals surface area contributed by atoms with Crippen molar-refractivity contribution in [2.75, 3.05) is 5.32 Å². The number of hydrogen-bond donors (Lipinski definition) is 1. The Balaban J connectivity index is 1.60. The van der Waals surface area contributed by atoms with E-state index in [1.165, 1.54) is 11.1 Å². The Hall–Kier alpha value is -3.47. The van der Waals surface area contributed by atoms with Gasteiger partial charge in [0.25, 0.3) is 0 Å². The van der Waals surface area contributed by atoms with Crippen LogP contribution in [0.5, 0.6) is 0 Å². The summed E-state index contributed by atoms with van der Waals surface area (Å²) in [6.45, 7) is 5.11. The zero-order valence-corrected chi connectivity index (χ0v) is 16.1. The molecule has 0 saturated carbocycles. The highest BCUT2D eigenvalue weighted by molar-refractivity contribution is 5.75. The highest BCUT2D eigenvalue weighted by Crippen LogP contribution is 2.27. The SMILES string of the molecule is CC(C)c1cccc(-n2cc(-c3ccccc3NCc3ccncc3)nn2)c1. The molecule has 5 nitrogen and oxygen atoms in total. The lowest BCUT2D eigenvalue weighted by Crippen LogP contribution is -2.01. The highest BCUT2D eigenvalue weighted by Gasteiger charge is 2.10. The second kappa shape index (κ2) is 8.05. The summed E-state index contributed by atoms with van der Waals surface area (Å²) in [6, 6.07) is 20.6. The minimum absolute atomic E-state index is 0.473. The number of anilines is 1. The van der Waals surface area contributed by atoms with Crippen LogP contribution in [-0.2, 0) is 6.54 Å². The number of benzene rings is 2. The lowest BCUT2D eigenvalue weighted by molar-refractivity contribution is 0.796. The van der Waals surface area contributed by atoms with Crippen molar-refractivity contribution in [2.24, 2.45) is 0 Å². The zero-order chi connectivity index (χ0) is 19.3. The molecule has 0 amide bonds. The summed E-state index contributed by atoms with van der Waals surface area (Å²) in [6.07, 6.45) is 5.59. The van der Waals surface area contributed by atoms with Crippen LogP contribution in [-0.4, -0.2) is 20.0 Å². The zero-order valence-electron chi connectivity index (χ0n) is 16.1. The van der Waals surface area contributed by atoms with E-state index >= 15 is 0 Å². The number of nitrogens with one attached hydrogen (secondary N) is 1. The maximum Gasteiger partial charge on any atom is 0.115 e. The van der Waals surface area contributed by atoms with Gasteiger partial charge in [0.1, 0.15) is 5.69 Å². The summed E-state index contributed by atoms with van der Waals surface area (Å²) in [5, 5.41) is 12.3. The van der Waals surface area contributed by atoms with Crippen LogP contribution < -0.4 is 5.32 Å². The molecule has 0 bridgehead atoms. The van der Waals surface area contributed by atoms with Crippen LogP contribution in [0.2, 0.25) is 0 Å². The smallest absolute Gasteiger partial charge is 0.115 e. The maximum atomic E-state index is 4.42. The first-order valence-electron chi connectivity index (χ1n) is 9.45. The van der Waals surface area contributed by atoms with E-state index in [0.717, 1.165) is 29.2 Å². The van der Waals surface area contributed by atoms with Crippen LogP contribution in [0.25, 0.3) is 16.9 Å². The molecule has 0 aliphatic carbocycles. The van der Waals surface area contributed by atoms with Gasteiger partial charge < -0.3 is 5.32 Å². The van der Waals surface area contributed by atoms with Crippen molar-refractivity contribution in [3.8, 4) is 16.9 Å². The summed E-state index contributed by atoms with van der Waals surface area (Å²) in [7, 11) is 0. The third-order valence-corrected chi connectivity index (χ3v) is 4.73. The number of nitrogens with zero attached hydrogens (tertiary/aromatic N) is 4. The second-order valence-corrected chi connectivity index (χ2v) is 7.05. The van der Waals surface area contributed by atoms with Crippen molar-refractivity contribution in [1.82, 2.24) is 20.0 Å². The number of pyridine rings is 1. The largest absolute Gasteiger partial charge is 0.380 e. The topological polar surface area (TPSA) is 55.6 Å². The molecule has 0 aliphatic rings. The Morgan fingerprint density at radius 2 is 1.79 bits per heavy atom. The van der Waals surface area contributed by atoms with Gasteiger partial charge in [0, 0.05) is 30.2 Å². The van der Waals surface area contributed by atoms with E-state index in [-0.39, 0.29) is 0 Å². The third-order valence-electron chi connectivity index (χ3n) is 4.73. The van der Waals surface area contributed by atoms with Gasteiger partial charge in [0.15, 0.2) is 0 Å². The van der Waals surface area contributed by atoms with Gasteiger partial charge in [0.2, 0.25) is 0 Å². The average Bonchev–Trinajstić information content (AvgIpc) is 3.23. The number of rotatable bonds is 6. The quantitative estimate of drug-likeness (QED) is 0.516. The molecule has 0 atom stereocenters. The van der Waals surface area contributed by atoms with E-state index in [0.29, 0.717) is 5.92 Å². The van der Waals surface area contributed by atoms with E-state index in [2.05, 4.69) is 70.9 Å². The van der Waals surface area contributed by atoms with Crippen LogP contribution >= 0.6 is 0 Å². The molecule has 2 aromatic heterocycles. The summed E-state index contributed by atoms with van der Waals surface area (Å²) < 4.78 is 1.83. The molecule has 2 aromatic carbocycles. The Morgan fingerprint density at radius 3 is 2.61 bits per heavy atom. The predicted molar refractivity (Wildman–Crippen MR) is 112 cm³/mol. The molecule has 28 heavy (non-hydrogen) atoms. The van der Waals surface area contributed by atoms with Gasteiger partial charge in [0.05, 0.1) is 11.9 Å². The molecule has 1 N–H and O–H groups in total. The number of para-hydroxylation sites is 1. The van der Waals surface area contributed by atoms with Crippen LogP contribution in [0, 0.1) is 0 Å². The minimum Gasteiger partial charge on any atom is -0.380 e. The summed E-state index contributed by atoms with van der Waals surface area (Å²) >= 11 is 0.